The van der Waals surface area contributed by atoms with Crippen LogP contribution in [0.3, 0.4) is 0 Å². The molecule has 3 aromatic rings. The van der Waals surface area contributed by atoms with Gasteiger partial charge < -0.3 is 14.4 Å². The lowest BCUT2D eigenvalue weighted by Crippen LogP contribution is -2.31. The minimum Gasteiger partial charge on any atom is -0.508 e. The van der Waals surface area contributed by atoms with Crippen LogP contribution in [0.2, 0.25) is 0 Å². The van der Waals surface area contributed by atoms with E-state index in [9.17, 15) is 14.7 Å². The summed E-state index contributed by atoms with van der Waals surface area (Å²) in [6, 6.07) is 15.3. The molecular weight excluding hydrogens is 332 g/mol. The molecule has 132 valence electrons. The number of pyridine rings is 1. The highest BCUT2D eigenvalue weighted by Gasteiger charge is 2.20. The van der Waals surface area contributed by atoms with Crippen molar-refractivity contribution in [3.05, 3.63) is 93.8 Å². The van der Waals surface area contributed by atoms with E-state index in [0.717, 1.165) is 23.3 Å². The molecule has 0 radical (unpaired) electrons. The first kappa shape index (κ1) is 17.4. The second-order valence-electron chi connectivity index (χ2n) is 5.97. The summed E-state index contributed by atoms with van der Waals surface area (Å²) in [5.74, 6) is -1.01. The van der Waals surface area contributed by atoms with Gasteiger partial charge in [-0.1, -0.05) is 35.9 Å². The van der Waals surface area contributed by atoms with Gasteiger partial charge in [-0.2, -0.15) is 0 Å². The number of carbonyl (C=O) groups is 1. The first-order valence-electron chi connectivity index (χ1n) is 8.10. The fourth-order valence-electron chi connectivity index (χ4n) is 2.64. The molecule has 3 rings (SSSR count). The number of aromatic nitrogens is 1. The second kappa shape index (κ2) is 7.65. The Bertz CT molecular complexity index is 967. The van der Waals surface area contributed by atoms with Crippen LogP contribution >= 0.6 is 0 Å². The van der Waals surface area contributed by atoms with Crippen molar-refractivity contribution >= 4 is 5.91 Å². The molecule has 0 aliphatic heterocycles. The molecule has 0 aliphatic carbocycles. The topological polar surface area (TPSA) is 83.6 Å². The zero-order chi connectivity index (χ0) is 18.5. The van der Waals surface area contributed by atoms with Gasteiger partial charge in [0.1, 0.15) is 5.75 Å². The van der Waals surface area contributed by atoms with Gasteiger partial charge in [0.25, 0.3) is 5.91 Å². The van der Waals surface area contributed by atoms with E-state index in [0.29, 0.717) is 12.2 Å². The van der Waals surface area contributed by atoms with Crippen molar-refractivity contribution in [1.29, 1.82) is 0 Å². The fourth-order valence-corrected chi connectivity index (χ4v) is 2.64. The van der Waals surface area contributed by atoms with Crippen LogP contribution in [0.5, 0.6) is 5.75 Å². The van der Waals surface area contributed by atoms with Crippen LogP contribution < -0.4 is 5.63 Å². The summed E-state index contributed by atoms with van der Waals surface area (Å²) < 4.78 is 4.97. The maximum Gasteiger partial charge on any atom is 0.340 e. The lowest BCUT2D eigenvalue weighted by Gasteiger charge is -2.22. The predicted octanol–water partition coefficient (Wildman–Crippen LogP) is 2.89. The highest BCUT2D eigenvalue weighted by molar-refractivity contribution is 5.91. The highest BCUT2D eigenvalue weighted by Crippen LogP contribution is 2.16. The van der Waals surface area contributed by atoms with Crippen LogP contribution in [0.25, 0.3) is 0 Å². The van der Waals surface area contributed by atoms with Gasteiger partial charge in [0.05, 0.1) is 18.3 Å². The Morgan fingerprint density at radius 1 is 1.12 bits per heavy atom. The third-order valence-corrected chi connectivity index (χ3v) is 3.79. The normalized spacial score (nSPS) is 10.5. The molecule has 1 amide bonds. The van der Waals surface area contributed by atoms with E-state index in [4.69, 9.17) is 4.42 Å². The summed E-state index contributed by atoms with van der Waals surface area (Å²) in [4.78, 5) is 30.2. The quantitative estimate of drug-likeness (QED) is 0.765. The van der Waals surface area contributed by atoms with E-state index < -0.39 is 11.5 Å². The Kier molecular flexibility index (Phi) is 5.12. The first-order valence-corrected chi connectivity index (χ1v) is 8.10. The van der Waals surface area contributed by atoms with Crippen molar-refractivity contribution in [2.24, 2.45) is 0 Å². The molecule has 0 aliphatic rings. The maximum atomic E-state index is 12.9. The van der Waals surface area contributed by atoms with Gasteiger partial charge in [-0.3, -0.25) is 9.78 Å². The maximum absolute atomic E-state index is 12.9. The number of rotatable bonds is 5. The van der Waals surface area contributed by atoms with Crippen LogP contribution in [0.1, 0.15) is 27.4 Å². The molecule has 6 nitrogen and oxygen atoms in total. The Labute approximate surface area is 150 Å². The lowest BCUT2D eigenvalue weighted by molar-refractivity contribution is 0.0689. The lowest BCUT2D eigenvalue weighted by atomic mass is 10.1. The summed E-state index contributed by atoms with van der Waals surface area (Å²) in [5, 5.41) is 9.60. The number of carbonyl (C=O) groups excluding carboxylic acids is 1. The average molecular weight is 350 g/mol. The number of aromatic hydroxyl groups is 1. The zero-order valence-corrected chi connectivity index (χ0v) is 14.3. The number of hydrogen-bond donors (Lipinski definition) is 1. The van der Waals surface area contributed by atoms with Crippen LogP contribution in [0, 0.1) is 6.92 Å². The van der Waals surface area contributed by atoms with Crippen molar-refractivity contribution < 1.29 is 14.3 Å². The number of nitrogens with zero attached hydrogens (tertiary/aromatic N) is 2. The summed E-state index contributed by atoms with van der Waals surface area (Å²) >= 11 is 0. The van der Waals surface area contributed by atoms with Crippen LogP contribution in [-0.4, -0.2) is 20.9 Å². The minimum atomic E-state index is -0.776. The Morgan fingerprint density at radius 3 is 2.65 bits per heavy atom. The van der Waals surface area contributed by atoms with E-state index in [-0.39, 0.29) is 18.1 Å². The number of hydrogen-bond acceptors (Lipinski definition) is 5. The summed E-state index contributed by atoms with van der Waals surface area (Å²) in [5.41, 5.74) is 1.95. The van der Waals surface area contributed by atoms with Crippen molar-refractivity contribution in [1.82, 2.24) is 9.88 Å². The molecule has 0 saturated heterocycles. The largest absolute Gasteiger partial charge is 0.508 e. The fraction of sp³-hybridized carbons (Fsp3) is 0.150. The predicted molar refractivity (Wildman–Crippen MR) is 95.6 cm³/mol. The van der Waals surface area contributed by atoms with Gasteiger partial charge in [-0.25, -0.2) is 4.79 Å². The van der Waals surface area contributed by atoms with E-state index in [1.807, 2.05) is 43.3 Å². The highest BCUT2D eigenvalue weighted by atomic mass is 16.4. The van der Waals surface area contributed by atoms with E-state index in [2.05, 4.69) is 4.98 Å². The SMILES string of the molecule is Cc1cccc(CN(Cc2ccccn2)C(=O)c2cc(O)cc(=O)o2)c1. The van der Waals surface area contributed by atoms with Crippen molar-refractivity contribution in [3.8, 4) is 5.75 Å². The molecule has 0 atom stereocenters. The molecule has 2 aromatic heterocycles. The van der Waals surface area contributed by atoms with E-state index in [1.165, 1.54) is 4.90 Å². The van der Waals surface area contributed by atoms with Crippen LogP contribution in [0.15, 0.2) is 70.0 Å². The van der Waals surface area contributed by atoms with Crippen LogP contribution in [0.4, 0.5) is 0 Å². The summed E-state index contributed by atoms with van der Waals surface area (Å²) in [6.45, 7) is 2.53. The monoisotopic (exact) mass is 350 g/mol. The average Bonchev–Trinajstić information content (AvgIpc) is 2.61. The smallest absolute Gasteiger partial charge is 0.340 e. The molecule has 6 heteroatoms. The Morgan fingerprint density at radius 2 is 1.96 bits per heavy atom. The molecule has 0 fully saturated rings. The molecular formula is C20H18N2O4. The number of aryl methyl sites for hydroxylation is 1. The number of benzene rings is 1. The molecule has 1 N–H and O–H groups in total. The third-order valence-electron chi connectivity index (χ3n) is 3.79. The van der Waals surface area contributed by atoms with E-state index >= 15 is 0 Å². The molecule has 2 heterocycles. The first-order chi connectivity index (χ1) is 12.5. The van der Waals surface area contributed by atoms with Gasteiger partial charge in [-0.05, 0) is 24.6 Å². The minimum absolute atomic E-state index is 0.210. The van der Waals surface area contributed by atoms with Gasteiger partial charge >= 0.3 is 5.63 Å². The molecule has 0 unspecified atom stereocenters. The molecule has 0 bridgehead atoms. The van der Waals surface area contributed by atoms with Crippen molar-refractivity contribution in [2.75, 3.05) is 0 Å². The Hall–Kier alpha value is -3.41. The second-order valence-corrected chi connectivity index (χ2v) is 5.97. The molecule has 1 aromatic carbocycles. The Balaban J connectivity index is 1.93. The zero-order valence-electron chi connectivity index (χ0n) is 14.3. The van der Waals surface area contributed by atoms with Crippen molar-refractivity contribution in [2.45, 2.75) is 20.0 Å². The van der Waals surface area contributed by atoms with Gasteiger partial charge in [0.2, 0.25) is 0 Å². The molecule has 26 heavy (non-hydrogen) atoms. The van der Waals surface area contributed by atoms with E-state index in [1.54, 1.807) is 12.3 Å². The van der Waals surface area contributed by atoms with Gasteiger partial charge in [0.15, 0.2) is 5.76 Å². The third kappa shape index (κ3) is 4.36. The van der Waals surface area contributed by atoms with Gasteiger partial charge in [-0.15, -0.1) is 0 Å². The van der Waals surface area contributed by atoms with Crippen molar-refractivity contribution in [3.63, 3.8) is 0 Å². The van der Waals surface area contributed by atoms with Crippen LogP contribution in [-0.2, 0) is 13.1 Å². The summed E-state index contributed by atoms with van der Waals surface area (Å²) in [7, 11) is 0. The summed E-state index contributed by atoms with van der Waals surface area (Å²) in [6.07, 6.45) is 1.65. The molecule has 0 saturated carbocycles. The standard InChI is InChI=1S/C20H18N2O4/c1-14-5-4-6-15(9-14)12-22(13-16-7-2-3-8-21-16)20(25)18-10-17(23)11-19(24)26-18/h2-11,23H,12-13H2,1H3. The van der Waals surface area contributed by atoms with Gasteiger partial charge in [0, 0.05) is 18.8 Å². The number of amides is 1. The molecule has 0 spiro atoms.